The highest BCUT2D eigenvalue weighted by Crippen LogP contribution is 2.39. The minimum Gasteiger partial charge on any atom is -0.473 e. The number of nitrogens with zero attached hydrogens (tertiary/aromatic N) is 4. The summed E-state index contributed by atoms with van der Waals surface area (Å²) < 4.78 is 22.2. The van der Waals surface area contributed by atoms with Gasteiger partial charge in [-0.15, -0.1) is 0 Å². The summed E-state index contributed by atoms with van der Waals surface area (Å²) >= 11 is 1.41. The van der Waals surface area contributed by atoms with Crippen LogP contribution in [0, 0.1) is 5.82 Å². The molecule has 2 aromatic heterocycles. The molecule has 3 heterocycles. The van der Waals surface area contributed by atoms with Crippen LogP contribution in [0.5, 0.6) is 5.19 Å². The summed E-state index contributed by atoms with van der Waals surface area (Å²) in [7, 11) is 5.23. The highest BCUT2D eigenvalue weighted by Gasteiger charge is 2.29. The summed E-state index contributed by atoms with van der Waals surface area (Å²) in [5.41, 5.74) is 2.65. The topological polar surface area (TPSA) is 84.3 Å². The molecule has 8 nitrogen and oxygen atoms in total. The number of fused-ring (bicyclic) bond motifs is 2. The lowest BCUT2D eigenvalue weighted by Crippen LogP contribution is -2.57. The summed E-state index contributed by atoms with van der Waals surface area (Å²) in [6, 6.07) is 7.13. The van der Waals surface area contributed by atoms with Crippen LogP contribution in [-0.4, -0.2) is 54.0 Å². The van der Waals surface area contributed by atoms with Gasteiger partial charge in [-0.05, 0) is 31.3 Å². The zero-order valence-corrected chi connectivity index (χ0v) is 18.1. The van der Waals surface area contributed by atoms with Crippen LogP contribution in [0.15, 0.2) is 30.5 Å². The third-order valence-electron chi connectivity index (χ3n) is 5.49. The van der Waals surface area contributed by atoms with Crippen LogP contribution in [0.4, 0.5) is 15.8 Å². The van der Waals surface area contributed by atoms with Gasteiger partial charge in [0.15, 0.2) is 5.82 Å². The van der Waals surface area contributed by atoms with E-state index in [1.165, 1.54) is 22.1 Å². The van der Waals surface area contributed by atoms with Crippen molar-refractivity contribution in [1.82, 2.24) is 20.1 Å². The van der Waals surface area contributed by atoms with Crippen LogP contribution in [0.1, 0.15) is 10.4 Å². The standard InChI is InChI=1S/C21H21FN6O2S/c1-23-13-9-28(10-13)16-5-4-14(18-19(16)31-21(25-18)30-3)20(29)24-12-6-11-8-27(2)26-17(11)15(22)7-12/h4-8,13,23H,9-10H2,1-3H3,(H,24,29). The van der Waals surface area contributed by atoms with Crippen LogP contribution in [0.2, 0.25) is 0 Å². The first-order valence-corrected chi connectivity index (χ1v) is 10.6. The highest BCUT2D eigenvalue weighted by atomic mass is 32.1. The van der Waals surface area contributed by atoms with E-state index < -0.39 is 5.82 Å². The number of methoxy groups -OCH3 is 1. The highest BCUT2D eigenvalue weighted by molar-refractivity contribution is 7.21. The number of carbonyl (C=O) groups is 1. The number of likely N-dealkylation sites (N-methyl/N-ethyl adjacent to an activating group) is 1. The summed E-state index contributed by atoms with van der Waals surface area (Å²) in [6.45, 7) is 1.78. The molecule has 160 valence electrons. The zero-order chi connectivity index (χ0) is 21.7. The van der Waals surface area contributed by atoms with E-state index in [2.05, 4.69) is 25.6 Å². The second-order valence-electron chi connectivity index (χ2n) is 7.54. The van der Waals surface area contributed by atoms with Crippen LogP contribution < -0.4 is 20.3 Å². The Hall–Kier alpha value is -3.24. The number of anilines is 2. The SMILES string of the molecule is CNC1CN(c2ccc(C(=O)Nc3cc(F)c4nn(C)cc4c3)c3nc(OC)sc23)C1. The smallest absolute Gasteiger partial charge is 0.274 e. The minimum absolute atomic E-state index is 0.269. The molecule has 0 atom stereocenters. The van der Waals surface area contributed by atoms with Crippen molar-refractivity contribution in [3.8, 4) is 5.19 Å². The molecule has 2 N–H and O–H groups in total. The Balaban J connectivity index is 1.49. The summed E-state index contributed by atoms with van der Waals surface area (Å²) in [6.07, 6.45) is 1.71. The van der Waals surface area contributed by atoms with Crippen molar-refractivity contribution in [3.05, 3.63) is 41.8 Å². The number of halogens is 1. The first-order chi connectivity index (χ1) is 15.0. The molecule has 1 saturated heterocycles. The molecule has 10 heteroatoms. The van der Waals surface area contributed by atoms with Crippen molar-refractivity contribution in [1.29, 1.82) is 0 Å². The number of rotatable bonds is 5. The minimum atomic E-state index is -0.485. The molecule has 0 unspecified atom stereocenters. The van der Waals surface area contributed by atoms with E-state index in [-0.39, 0.29) is 11.4 Å². The number of hydrogen-bond donors (Lipinski definition) is 2. The van der Waals surface area contributed by atoms with E-state index >= 15 is 0 Å². The molecule has 1 fully saturated rings. The second kappa shape index (κ2) is 7.47. The van der Waals surface area contributed by atoms with Crippen molar-refractivity contribution in [2.75, 3.05) is 37.5 Å². The lowest BCUT2D eigenvalue weighted by Gasteiger charge is -2.41. The lowest BCUT2D eigenvalue weighted by atomic mass is 10.1. The third-order valence-corrected chi connectivity index (χ3v) is 6.53. The molecule has 5 rings (SSSR count). The molecule has 1 aliphatic heterocycles. The molecule has 31 heavy (non-hydrogen) atoms. The van der Waals surface area contributed by atoms with Gasteiger partial charge in [0.1, 0.15) is 11.0 Å². The van der Waals surface area contributed by atoms with Crippen LogP contribution in [0.25, 0.3) is 21.1 Å². The average Bonchev–Trinajstić information content (AvgIpc) is 3.30. The van der Waals surface area contributed by atoms with E-state index in [9.17, 15) is 9.18 Å². The number of benzene rings is 2. The predicted molar refractivity (Wildman–Crippen MR) is 120 cm³/mol. The number of thiazole rings is 1. The van der Waals surface area contributed by atoms with E-state index in [1.807, 2.05) is 13.1 Å². The monoisotopic (exact) mass is 440 g/mol. The zero-order valence-electron chi connectivity index (χ0n) is 17.3. The van der Waals surface area contributed by atoms with Gasteiger partial charge in [0.2, 0.25) is 0 Å². The average molecular weight is 441 g/mol. The Kier molecular flexibility index (Phi) is 4.75. The fourth-order valence-corrected chi connectivity index (χ4v) is 4.78. The van der Waals surface area contributed by atoms with Gasteiger partial charge in [0.05, 0.1) is 23.1 Å². The van der Waals surface area contributed by atoms with Crippen molar-refractivity contribution in [2.24, 2.45) is 7.05 Å². The number of nitrogens with one attached hydrogen (secondary N) is 2. The molecular formula is C21H21FN6O2S. The van der Waals surface area contributed by atoms with Crippen LogP contribution in [0.3, 0.4) is 0 Å². The predicted octanol–water partition coefficient (Wildman–Crippen LogP) is 2.99. The third kappa shape index (κ3) is 3.37. The Labute approximate surface area is 181 Å². The van der Waals surface area contributed by atoms with Crippen molar-refractivity contribution in [3.63, 3.8) is 0 Å². The normalized spacial score (nSPS) is 14.3. The fourth-order valence-electron chi connectivity index (χ4n) is 3.83. The van der Waals surface area contributed by atoms with Gasteiger partial charge in [-0.3, -0.25) is 9.48 Å². The molecule has 0 saturated carbocycles. The molecule has 1 amide bonds. The quantitative estimate of drug-likeness (QED) is 0.496. The van der Waals surface area contributed by atoms with E-state index in [4.69, 9.17) is 4.74 Å². The molecule has 0 spiro atoms. The van der Waals surface area contributed by atoms with Crippen molar-refractivity contribution >= 4 is 49.7 Å². The maximum absolute atomic E-state index is 14.4. The Morgan fingerprint density at radius 3 is 2.84 bits per heavy atom. The fraction of sp³-hybridized carbons (Fsp3) is 0.286. The van der Waals surface area contributed by atoms with E-state index in [0.717, 1.165) is 23.5 Å². The molecule has 0 aliphatic carbocycles. The molecular weight excluding hydrogens is 419 g/mol. The maximum atomic E-state index is 14.4. The molecule has 4 aromatic rings. The van der Waals surface area contributed by atoms with Gasteiger partial charge in [-0.1, -0.05) is 11.3 Å². The van der Waals surface area contributed by atoms with E-state index in [0.29, 0.717) is 33.4 Å². The molecule has 2 aromatic carbocycles. The largest absolute Gasteiger partial charge is 0.473 e. The van der Waals surface area contributed by atoms with Gasteiger partial charge in [0, 0.05) is 43.4 Å². The number of aromatic nitrogens is 3. The van der Waals surface area contributed by atoms with Gasteiger partial charge < -0.3 is 20.3 Å². The summed E-state index contributed by atoms with van der Waals surface area (Å²) in [4.78, 5) is 19.8. The van der Waals surface area contributed by atoms with Crippen LogP contribution >= 0.6 is 11.3 Å². The second-order valence-corrected chi connectivity index (χ2v) is 8.50. The molecule has 0 bridgehead atoms. The first kappa shape index (κ1) is 19.7. The Morgan fingerprint density at radius 2 is 2.10 bits per heavy atom. The maximum Gasteiger partial charge on any atom is 0.274 e. The summed E-state index contributed by atoms with van der Waals surface area (Å²) in [5.74, 6) is -0.843. The first-order valence-electron chi connectivity index (χ1n) is 9.81. The number of aryl methyl sites for hydroxylation is 1. The van der Waals surface area contributed by atoms with Crippen LogP contribution in [-0.2, 0) is 7.05 Å². The van der Waals surface area contributed by atoms with Gasteiger partial charge in [0.25, 0.3) is 11.1 Å². The Morgan fingerprint density at radius 1 is 1.29 bits per heavy atom. The molecule has 0 radical (unpaired) electrons. The van der Waals surface area contributed by atoms with Gasteiger partial charge in [-0.25, -0.2) is 9.37 Å². The van der Waals surface area contributed by atoms with Gasteiger partial charge in [-0.2, -0.15) is 5.10 Å². The summed E-state index contributed by atoms with van der Waals surface area (Å²) in [5, 5.41) is 11.3. The lowest BCUT2D eigenvalue weighted by molar-refractivity contribution is 0.102. The van der Waals surface area contributed by atoms with Crippen molar-refractivity contribution < 1.29 is 13.9 Å². The van der Waals surface area contributed by atoms with Gasteiger partial charge >= 0.3 is 0 Å². The number of ether oxygens (including phenoxy) is 1. The number of amides is 1. The van der Waals surface area contributed by atoms with Crippen molar-refractivity contribution in [2.45, 2.75) is 6.04 Å². The van der Waals surface area contributed by atoms with E-state index in [1.54, 1.807) is 32.5 Å². The number of hydrogen-bond acceptors (Lipinski definition) is 7. The number of carbonyl (C=O) groups excluding carboxylic acids is 1. The Bertz CT molecular complexity index is 1310. The molecule has 1 aliphatic rings.